The summed E-state index contributed by atoms with van der Waals surface area (Å²) in [5.41, 5.74) is 28.4. The third-order valence-electron chi connectivity index (χ3n) is 26.5. The topological polar surface area (TPSA) is 124 Å². The lowest BCUT2D eigenvalue weighted by atomic mass is 9.31. The second-order valence-corrected chi connectivity index (χ2v) is 34.3. The van der Waals surface area contributed by atoms with E-state index in [2.05, 4.69) is 231 Å². The molecule has 0 spiro atoms. The molecule has 0 unspecified atom stereocenters. The molecule has 0 atom stereocenters. The van der Waals surface area contributed by atoms with Crippen LogP contribution in [0.3, 0.4) is 0 Å². The van der Waals surface area contributed by atoms with Crippen molar-refractivity contribution in [3.63, 3.8) is 0 Å². The standard InChI is InChI=1S/C120H76B2O10/c123-117(127-69-73-31-11-1-12-32-73)83-51-53-101-105(61-83)131-107-63-87(119(125)129-71-75-35-15-3-16-36-75)59-99-95-65-94(110-91(81-47-27-9-28-48-81)57-86(78-41-21-6-22-42-78)58-92(110)82-49-29-10-30-50-82)98-68-104-112-96(100-60-88(120(126)130-72-76-37-17-4-18-38-76)64-108-116(100)122(104)102-54-52-84(62-106(102)132-108)118(124)128-70-74-33-13-2-14-34-74)66-93(97-67-103(121(101)115(99)107)111(95)113(98)114(97)112)109-89(79-43-23-7-24-44-79)55-85(77-39-19-5-20-40-77)56-90(109)80-45-25-8-26-46-80/h1-68H,69-72H2. The molecule has 0 aliphatic carbocycles. The maximum atomic E-state index is 15.7. The molecule has 20 aromatic rings. The zero-order valence-corrected chi connectivity index (χ0v) is 71.3. The molecule has 10 nitrogen and oxygen atoms in total. The molecule has 4 aliphatic rings. The first-order valence-electron chi connectivity index (χ1n) is 44.5. The zero-order valence-electron chi connectivity index (χ0n) is 71.3. The maximum absolute atomic E-state index is 15.7. The van der Waals surface area contributed by atoms with Gasteiger partial charge in [0.2, 0.25) is 0 Å². The number of benzene rings is 20. The van der Waals surface area contributed by atoms with E-state index in [4.69, 9.17) is 28.4 Å². The van der Waals surface area contributed by atoms with E-state index in [0.717, 1.165) is 199 Å². The van der Waals surface area contributed by atoms with Crippen molar-refractivity contribution in [3.05, 3.63) is 457 Å². The Labute approximate surface area is 762 Å². The van der Waals surface area contributed by atoms with Crippen LogP contribution in [-0.2, 0) is 45.4 Å². The summed E-state index contributed by atoms with van der Waals surface area (Å²) in [6, 6.07) is 140. The normalized spacial score (nSPS) is 12.1. The molecule has 0 saturated heterocycles. The van der Waals surface area contributed by atoms with Crippen LogP contribution in [0.1, 0.15) is 63.7 Å². The molecule has 12 heteroatoms. The molecular formula is C120H76B2O10. The Kier molecular flexibility index (Phi) is 19.5. The van der Waals surface area contributed by atoms with Gasteiger partial charge in [0.1, 0.15) is 49.4 Å². The van der Waals surface area contributed by atoms with E-state index >= 15 is 9.59 Å². The molecule has 132 heavy (non-hydrogen) atoms. The fourth-order valence-electron chi connectivity index (χ4n) is 20.5. The number of hydrogen-bond acceptors (Lipinski definition) is 10. The van der Waals surface area contributed by atoms with Gasteiger partial charge in [0.15, 0.2) is 0 Å². The van der Waals surface area contributed by atoms with Gasteiger partial charge in [0.05, 0.1) is 22.3 Å². The highest BCUT2D eigenvalue weighted by molar-refractivity contribution is 7.01. The first-order chi connectivity index (χ1) is 65.1. The van der Waals surface area contributed by atoms with Gasteiger partial charge in [-0.1, -0.05) is 339 Å². The van der Waals surface area contributed by atoms with Crippen LogP contribution >= 0.6 is 0 Å². The lowest BCUT2D eigenvalue weighted by Crippen LogP contribution is -2.58. The molecular weight excluding hydrogens is 1620 g/mol. The van der Waals surface area contributed by atoms with Crippen molar-refractivity contribution >= 4 is 102 Å². The Balaban J connectivity index is 0.881. The van der Waals surface area contributed by atoms with Crippen molar-refractivity contribution in [1.82, 2.24) is 0 Å². The quantitative estimate of drug-likeness (QED) is 0.0315. The van der Waals surface area contributed by atoms with Gasteiger partial charge in [-0.3, -0.25) is 0 Å². The monoisotopic (exact) mass is 1700 g/mol. The van der Waals surface area contributed by atoms with Crippen LogP contribution in [-0.4, -0.2) is 37.3 Å². The third kappa shape index (κ3) is 13.8. The van der Waals surface area contributed by atoms with Crippen molar-refractivity contribution < 1.29 is 47.6 Å². The van der Waals surface area contributed by atoms with Gasteiger partial charge in [0, 0.05) is 0 Å². The van der Waals surface area contributed by atoms with E-state index in [-0.39, 0.29) is 48.7 Å². The van der Waals surface area contributed by atoms with E-state index in [0.29, 0.717) is 23.0 Å². The highest BCUT2D eigenvalue weighted by Crippen LogP contribution is 2.57. The van der Waals surface area contributed by atoms with Gasteiger partial charge in [-0.15, -0.1) is 0 Å². The molecule has 622 valence electrons. The highest BCUT2D eigenvalue weighted by atomic mass is 16.5. The summed E-state index contributed by atoms with van der Waals surface area (Å²) in [5.74, 6) is -0.507. The number of ether oxygens (including phenoxy) is 6. The van der Waals surface area contributed by atoms with E-state index in [9.17, 15) is 9.59 Å². The predicted molar refractivity (Wildman–Crippen MR) is 529 cm³/mol. The summed E-state index contributed by atoms with van der Waals surface area (Å²) in [4.78, 5) is 60.9. The average Bonchev–Trinajstić information content (AvgIpc) is 0.662. The van der Waals surface area contributed by atoms with Crippen LogP contribution in [0.2, 0.25) is 0 Å². The molecule has 0 amide bonds. The molecule has 24 rings (SSSR count). The average molecular weight is 1700 g/mol. The Morgan fingerprint density at radius 3 is 0.765 bits per heavy atom. The number of carbonyl (C=O) groups excluding carboxylic acids is 4. The van der Waals surface area contributed by atoms with Crippen LogP contribution in [0.4, 0.5) is 0 Å². The molecule has 0 aromatic heterocycles. The number of esters is 4. The minimum absolute atomic E-state index is 0.00435. The van der Waals surface area contributed by atoms with Gasteiger partial charge in [-0.05, 0) is 273 Å². The van der Waals surface area contributed by atoms with Crippen molar-refractivity contribution in [2.45, 2.75) is 26.4 Å². The van der Waals surface area contributed by atoms with Crippen LogP contribution < -0.4 is 42.3 Å². The number of fused-ring (bicyclic) bond motifs is 8. The number of carbonyl (C=O) groups is 4. The minimum atomic E-state index is -0.636. The van der Waals surface area contributed by atoms with E-state index in [1.165, 1.54) is 0 Å². The van der Waals surface area contributed by atoms with Crippen molar-refractivity contribution in [2.24, 2.45) is 0 Å². The summed E-state index contributed by atoms with van der Waals surface area (Å²) >= 11 is 0. The van der Waals surface area contributed by atoms with Crippen LogP contribution in [0.25, 0.3) is 144 Å². The Hall–Kier alpha value is -17.0. The molecule has 0 N–H and O–H groups in total. The summed E-state index contributed by atoms with van der Waals surface area (Å²) in [6.45, 7) is -1.17. The van der Waals surface area contributed by atoms with E-state index in [1.807, 2.05) is 170 Å². The number of rotatable bonds is 20. The van der Waals surface area contributed by atoms with Gasteiger partial charge < -0.3 is 28.4 Å². The predicted octanol–water partition coefficient (Wildman–Crippen LogP) is 24.6. The number of hydrogen-bond donors (Lipinski definition) is 0. The van der Waals surface area contributed by atoms with Gasteiger partial charge >= 0.3 is 23.9 Å². The second-order valence-electron chi connectivity index (χ2n) is 34.3. The lowest BCUT2D eigenvalue weighted by molar-refractivity contribution is 0.0463. The van der Waals surface area contributed by atoms with E-state index < -0.39 is 37.3 Å². The van der Waals surface area contributed by atoms with Crippen LogP contribution in [0, 0.1) is 0 Å². The van der Waals surface area contributed by atoms with Crippen LogP contribution in [0.15, 0.2) is 413 Å². The van der Waals surface area contributed by atoms with Crippen molar-refractivity contribution in [2.75, 3.05) is 0 Å². The third-order valence-corrected chi connectivity index (χ3v) is 26.5. The fraction of sp³-hybridized carbons (Fsp3) is 0.0333. The summed E-state index contributed by atoms with van der Waals surface area (Å²) in [7, 11) is 0. The lowest BCUT2D eigenvalue weighted by Gasteiger charge is -2.38. The summed E-state index contributed by atoms with van der Waals surface area (Å²) < 4.78 is 40.0. The van der Waals surface area contributed by atoms with Gasteiger partial charge in [-0.2, -0.15) is 0 Å². The highest BCUT2D eigenvalue weighted by Gasteiger charge is 2.46. The van der Waals surface area contributed by atoms with Gasteiger partial charge in [-0.25, -0.2) is 19.2 Å². The summed E-state index contributed by atoms with van der Waals surface area (Å²) in [5, 5.41) is 5.58. The minimum Gasteiger partial charge on any atom is -0.458 e. The molecule has 0 saturated carbocycles. The van der Waals surface area contributed by atoms with Crippen molar-refractivity contribution in [3.8, 4) is 134 Å². The van der Waals surface area contributed by atoms with Crippen molar-refractivity contribution in [1.29, 1.82) is 0 Å². The molecule has 4 heterocycles. The SMILES string of the molecule is O=C(OCc1ccccc1)c1ccc2c(c1)Oc1cc(C(=O)OCc3ccccc3)cc3c1B2c1cc2c(-c4c(-c5ccccc5)cc(-c5ccccc5)cc4-c4ccccc4)cc4c5c(cc6c(-c7c(-c8ccccc8)cc(-c8ccccc8)cc7-c7ccccc7)cc-3c1c6c25)B1c2ccc(C(=O)OCc3ccccc3)cc2Oc2cc(C(=O)OCc3ccccc3)cc-4c21. The molecule has 0 fully saturated rings. The van der Waals surface area contributed by atoms with Crippen LogP contribution in [0.5, 0.6) is 23.0 Å². The Bertz CT molecular complexity index is 7450. The van der Waals surface area contributed by atoms with E-state index in [1.54, 1.807) is 12.1 Å². The zero-order chi connectivity index (χ0) is 88.0. The Morgan fingerprint density at radius 2 is 0.470 bits per heavy atom. The first kappa shape index (κ1) is 78.5. The fourth-order valence-corrected chi connectivity index (χ4v) is 20.5. The molecule has 20 aromatic carbocycles. The smallest absolute Gasteiger partial charge is 0.338 e. The first-order valence-corrected chi connectivity index (χ1v) is 44.5. The largest absolute Gasteiger partial charge is 0.458 e. The second kappa shape index (κ2) is 32.7. The molecule has 0 radical (unpaired) electrons. The molecule has 4 aliphatic heterocycles. The Morgan fingerprint density at radius 1 is 0.205 bits per heavy atom. The van der Waals surface area contributed by atoms with Gasteiger partial charge in [0.25, 0.3) is 13.4 Å². The molecule has 0 bridgehead atoms. The maximum Gasteiger partial charge on any atom is 0.338 e. The summed E-state index contributed by atoms with van der Waals surface area (Å²) in [6.07, 6.45) is 0.